The Morgan fingerprint density at radius 2 is 2.03 bits per heavy atom. The number of imidazole rings is 1. The summed E-state index contributed by atoms with van der Waals surface area (Å²) in [7, 11) is -0.699. The van der Waals surface area contributed by atoms with Crippen molar-refractivity contribution in [2.24, 2.45) is 13.0 Å². The number of carbonyl (C=O) groups is 1. The van der Waals surface area contributed by atoms with Crippen molar-refractivity contribution in [2.45, 2.75) is 24.3 Å². The van der Waals surface area contributed by atoms with Crippen molar-refractivity contribution in [3.8, 4) is 11.8 Å². The van der Waals surface area contributed by atoms with Gasteiger partial charge in [-0.2, -0.15) is 4.98 Å². The topological polar surface area (TPSA) is 122 Å². The van der Waals surface area contributed by atoms with Crippen LogP contribution in [0.5, 0.6) is 0 Å². The molecule has 10 heteroatoms. The molecule has 0 spiro atoms. The highest BCUT2D eigenvalue weighted by Gasteiger charge is 2.41. The van der Waals surface area contributed by atoms with Crippen LogP contribution in [0.2, 0.25) is 0 Å². The molecule has 2 aromatic rings. The van der Waals surface area contributed by atoms with Crippen LogP contribution in [-0.4, -0.2) is 59.6 Å². The van der Waals surface area contributed by atoms with Crippen molar-refractivity contribution in [1.29, 1.82) is 0 Å². The third-order valence-electron chi connectivity index (χ3n) is 5.25. The quantitative estimate of drug-likeness (QED) is 0.533. The first-order chi connectivity index (χ1) is 14.2. The number of hydrogen-bond donors (Lipinski definition) is 2. The van der Waals surface area contributed by atoms with Crippen LogP contribution in [0.1, 0.15) is 28.9 Å². The SMILES string of the molecule is CN1C(=O)c2c(nc(S(=O)(=O)CC3CC3)n2C)N(CC#Cc2cccc(N)c2)C1O. The van der Waals surface area contributed by atoms with Gasteiger partial charge < -0.3 is 20.3 Å². The van der Waals surface area contributed by atoms with E-state index in [2.05, 4.69) is 16.8 Å². The molecule has 1 aliphatic heterocycles. The maximum atomic E-state index is 12.8. The molecule has 4 rings (SSSR count). The molecule has 30 heavy (non-hydrogen) atoms. The van der Waals surface area contributed by atoms with Crippen LogP contribution in [0.3, 0.4) is 0 Å². The standard InChI is InChI=1S/C20H23N5O4S/c1-23-16-17(22-19(23)30(28,29)12-14-8-9-14)25(20(27)24(2)18(16)26)10-4-6-13-5-3-7-15(21)11-13/h3,5,7,11,14,20,27H,8-10,12,21H2,1-2H3. The lowest BCUT2D eigenvalue weighted by Gasteiger charge is -2.37. The van der Waals surface area contributed by atoms with E-state index < -0.39 is 22.1 Å². The summed E-state index contributed by atoms with van der Waals surface area (Å²) in [5.41, 5.74) is 7.17. The number of aliphatic hydroxyl groups excluding tert-OH is 1. The van der Waals surface area contributed by atoms with Gasteiger partial charge in [-0.25, -0.2) is 8.42 Å². The number of aromatic nitrogens is 2. The first kappa shape index (κ1) is 20.3. The van der Waals surface area contributed by atoms with Crippen molar-refractivity contribution >= 4 is 27.2 Å². The second-order valence-corrected chi connectivity index (χ2v) is 9.60. The van der Waals surface area contributed by atoms with Crippen molar-refractivity contribution in [3.63, 3.8) is 0 Å². The van der Waals surface area contributed by atoms with Crippen LogP contribution in [0.4, 0.5) is 11.5 Å². The van der Waals surface area contributed by atoms with E-state index >= 15 is 0 Å². The van der Waals surface area contributed by atoms with Gasteiger partial charge in [0.15, 0.2) is 11.5 Å². The largest absolute Gasteiger partial charge is 0.399 e. The molecule has 1 amide bonds. The molecule has 2 aliphatic rings. The van der Waals surface area contributed by atoms with Gasteiger partial charge in [-0.3, -0.25) is 9.69 Å². The van der Waals surface area contributed by atoms with E-state index in [0.717, 1.165) is 17.7 Å². The van der Waals surface area contributed by atoms with Crippen molar-refractivity contribution in [3.05, 3.63) is 35.5 Å². The minimum absolute atomic E-state index is 0.0125. The van der Waals surface area contributed by atoms with Gasteiger partial charge in [0.1, 0.15) is 0 Å². The third kappa shape index (κ3) is 3.62. The van der Waals surface area contributed by atoms with Gasteiger partial charge in [0.25, 0.3) is 5.91 Å². The fraction of sp³-hybridized carbons (Fsp3) is 0.400. The van der Waals surface area contributed by atoms with Crippen LogP contribution in [0, 0.1) is 17.8 Å². The molecule has 0 saturated heterocycles. The van der Waals surface area contributed by atoms with Gasteiger partial charge in [0.05, 0.1) is 12.3 Å². The second-order valence-electron chi connectivity index (χ2n) is 7.67. The number of aliphatic hydroxyl groups is 1. The average molecular weight is 430 g/mol. The normalized spacial score (nSPS) is 18.8. The van der Waals surface area contributed by atoms with Gasteiger partial charge in [-0.1, -0.05) is 17.9 Å². The van der Waals surface area contributed by atoms with Gasteiger partial charge in [0, 0.05) is 25.3 Å². The lowest BCUT2D eigenvalue weighted by atomic mass is 10.2. The third-order valence-corrected chi connectivity index (χ3v) is 7.09. The summed E-state index contributed by atoms with van der Waals surface area (Å²) in [6, 6.07) is 7.07. The number of nitrogen functional groups attached to an aromatic ring is 1. The fourth-order valence-electron chi connectivity index (χ4n) is 3.44. The Labute approximate surface area is 175 Å². The number of hydrogen-bond acceptors (Lipinski definition) is 7. The summed E-state index contributed by atoms with van der Waals surface area (Å²) < 4.78 is 26.9. The fourth-order valence-corrected chi connectivity index (χ4v) is 5.28. The van der Waals surface area contributed by atoms with E-state index in [9.17, 15) is 18.3 Å². The number of benzene rings is 1. The van der Waals surface area contributed by atoms with E-state index in [1.54, 1.807) is 24.3 Å². The zero-order valence-electron chi connectivity index (χ0n) is 16.7. The van der Waals surface area contributed by atoms with Gasteiger partial charge >= 0.3 is 0 Å². The minimum Gasteiger partial charge on any atom is -0.399 e. The zero-order chi connectivity index (χ0) is 21.6. The predicted molar refractivity (Wildman–Crippen MR) is 111 cm³/mol. The van der Waals surface area contributed by atoms with Crippen molar-refractivity contribution in [1.82, 2.24) is 14.5 Å². The molecule has 1 atom stereocenters. The monoisotopic (exact) mass is 429 g/mol. The summed E-state index contributed by atoms with van der Waals surface area (Å²) in [4.78, 5) is 19.5. The molecule has 0 bridgehead atoms. The Kier molecular flexibility index (Phi) is 4.95. The molecule has 1 unspecified atom stereocenters. The Bertz CT molecular complexity index is 1170. The van der Waals surface area contributed by atoms with E-state index in [4.69, 9.17) is 5.73 Å². The highest BCUT2D eigenvalue weighted by Crippen LogP contribution is 2.35. The lowest BCUT2D eigenvalue weighted by Crippen LogP contribution is -2.54. The maximum Gasteiger partial charge on any atom is 0.277 e. The molecule has 1 saturated carbocycles. The van der Waals surface area contributed by atoms with Gasteiger partial charge in [0.2, 0.25) is 21.3 Å². The first-order valence-electron chi connectivity index (χ1n) is 9.55. The van der Waals surface area contributed by atoms with Gasteiger partial charge in [-0.05, 0) is 37.0 Å². The number of amides is 1. The second kappa shape index (κ2) is 7.34. The Morgan fingerprint density at radius 1 is 1.30 bits per heavy atom. The van der Waals surface area contributed by atoms with Crippen LogP contribution in [0.15, 0.2) is 29.4 Å². The highest BCUT2D eigenvalue weighted by atomic mass is 32.2. The predicted octanol–water partition coefficient (Wildman–Crippen LogP) is 0.406. The minimum atomic E-state index is -3.65. The van der Waals surface area contributed by atoms with E-state index in [-0.39, 0.29) is 34.9 Å². The molecule has 158 valence electrons. The molecule has 9 nitrogen and oxygen atoms in total. The number of nitrogens with two attached hydrogens (primary N) is 1. The van der Waals surface area contributed by atoms with E-state index in [0.29, 0.717) is 11.3 Å². The summed E-state index contributed by atoms with van der Waals surface area (Å²) in [5, 5.41) is 10.4. The number of sulfone groups is 1. The Hall–Kier alpha value is -3.03. The number of anilines is 2. The zero-order valence-corrected chi connectivity index (χ0v) is 17.6. The molecule has 1 fully saturated rings. The maximum absolute atomic E-state index is 12.8. The average Bonchev–Trinajstić information content (AvgIpc) is 3.41. The number of carbonyl (C=O) groups excluding carboxylic acids is 1. The molecule has 3 N–H and O–H groups in total. The van der Waals surface area contributed by atoms with Crippen LogP contribution in [-0.2, 0) is 16.9 Å². The molecule has 1 aromatic heterocycles. The van der Waals surface area contributed by atoms with Crippen molar-refractivity contribution < 1.29 is 18.3 Å². The van der Waals surface area contributed by atoms with Crippen LogP contribution in [0.25, 0.3) is 0 Å². The summed E-state index contributed by atoms with van der Waals surface area (Å²) in [6.45, 7) is 0.0414. The lowest BCUT2D eigenvalue weighted by molar-refractivity contribution is 0.0139. The number of nitrogens with zero attached hydrogens (tertiary/aromatic N) is 4. The molecular formula is C20H23N5O4S. The Balaban J connectivity index is 1.70. The molecule has 0 radical (unpaired) electrons. The smallest absolute Gasteiger partial charge is 0.277 e. The molecule has 1 aromatic carbocycles. The highest BCUT2D eigenvalue weighted by molar-refractivity contribution is 7.91. The number of fused-ring (bicyclic) bond motifs is 1. The Morgan fingerprint density at radius 3 is 2.70 bits per heavy atom. The van der Waals surface area contributed by atoms with Crippen LogP contribution < -0.4 is 10.6 Å². The van der Waals surface area contributed by atoms with E-state index in [1.165, 1.54) is 23.6 Å². The first-order valence-corrected chi connectivity index (χ1v) is 11.2. The molecular weight excluding hydrogens is 406 g/mol. The summed E-state index contributed by atoms with van der Waals surface area (Å²) >= 11 is 0. The summed E-state index contributed by atoms with van der Waals surface area (Å²) in [5.74, 6) is 5.67. The van der Waals surface area contributed by atoms with Gasteiger partial charge in [-0.15, -0.1) is 0 Å². The number of rotatable bonds is 4. The van der Waals surface area contributed by atoms with Crippen molar-refractivity contribution in [2.75, 3.05) is 30.0 Å². The molecule has 1 aliphatic carbocycles. The van der Waals surface area contributed by atoms with E-state index in [1.807, 2.05) is 0 Å². The summed E-state index contributed by atoms with van der Waals surface area (Å²) in [6.07, 6.45) is 0.458. The molecule has 2 heterocycles. The van der Waals surface area contributed by atoms with Crippen LogP contribution >= 0.6 is 0 Å².